The highest BCUT2D eigenvalue weighted by Gasteiger charge is 2.42. The highest BCUT2D eigenvalue weighted by Crippen LogP contribution is 2.38. The zero-order valence-corrected chi connectivity index (χ0v) is 23.6. The van der Waals surface area contributed by atoms with E-state index in [9.17, 15) is 24.6 Å². The molecule has 0 aliphatic heterocycles. The quantitative estimate of drug-likeness (QED) is 0.124. The Labute approximate surface area is 235 Å². The van der Waals surface area contributed by atoms with Crippen LogP contribution in [-0.2, 0) is 9.47 Å². The Morgan fingerprint density at radius 3 is 2.51 bits per heavy atom. The minimum atomic E-state index is -1.30. The summed E-state index contributed by atoms with van der Waals surface area (Å²) in [7, 11) is 0. The normalized spacial score (nSPS) is 15.7. The zero-order valence-electron chi connectivity index (χ0n) is 22.0. The molecule has 1 aromatic heterocycles. The lowest BCUT2D eigenvalue weighted by atomic mass is 9.96. The minimum Gasteiger partial charge on any atom is -0.506 e. The molecule has 0 saturated carbocycles. The molecule has 2 atom stereocenters. The number of carbonyl (C=O) groups is 3. The van der Waals surface area contributed by atoms with Crippen LogP contribution in [0.3, 0.4) is 0 Å². The van der Waals surface area contributed by atoms with Crippen LogP contribution in [0.4, 0.5) is 0 Å². The van der Waals surface area contributed by atoms with E-state index in [0.717, 1.165) is 30.2 Å². The summed E-state index contributed by atoms with van der Waals surface area (Å²) in [6, 6.07) is 11.3. The van der Waals surface area contributed by atoms with Crippen LogP contribution < -0.4 is 0 Å². The van der Waals surface area contributed by atoms with Gasteiger partial charge in [-0.3, -0.25) is 9.59 Å². The van der Waals surface area contributed by atoms with E-state index in [-0.39, 0.29) is 41.3 Å². The number of unbranched alkanes of at least 4 members (excludes halogenated alkanes) is 2. The molecule has 2 unspecified atom stereocenters. The van der Waals surface area contributed by atoms with Crippen molar-refractivity contribution < 1.29 is 34.1 Å². The molecule has 2 aromatic carbocycles. The first-order valence-electron chi connectivity index (χ1n) is 13.1. The number of nitrogens with zero attached hydrogens (tertiary/aromatic N) is 1. The molecule has 4 rings (SSSR count). The van der Waals surface area contributed by atoms with Gasteiger partial charge in [0.2, 0.25) is 0 Å². The van der Waals surface area contributed by atoms with Crippen LogP contribution in [0.2, 0.25) is 0 Å². The topological polar surface area (TPSA) is 123 Å². The van der Waals surface area contributed by atoms with Crippen LogP contribution in [0.1, 0.15) is 87.3 Å². The van der Waals surface area contributed by atoms with E-state index in [1.54, 1.807) is 0 Å². The molecule has 0 saturated heterocycles. The number of hydrogen-bond acceptors (Lipinski definition) is 8. The van der Waals surface area contributed by atoms with Crippen molar-refractivity contribution in [2.45, 2.75) is 51.0 Å². The maximum atomic E-state index is 13.3. The lowest BCUT2D eigenvalue weighted by Gasteiger charge is -2.12. The number of fused-ring (bicyclic) bond motifs is 2. The van der Waals surface area contributed by atoms with Crippen LogP contribution in [0.15, 0.2) is 42.5 Å². The van der Waals surface area contributed by atoms with Crippen molar-refractivity contribution in [3.8, 4) is 5.75 Å². The van der Waals surface area contributed by atoms with Crippen LogP contribution in [0, 0.1) is 0 Å². The van der Waals surface area contributed by atoms with Gasteiger partial charge in [-0.25, -0.2) is 9.78 Å². The van der Waals surface area contributed by atoms with Crippen LogP contribution in [0.5, 0.6) is 5.75 Å². The molecule has 1 aliphatic rings. The van der Waals surface area contributed by atoms with Crippen molar-refractivity contribution in [1.29, 1.82) is 0 Å². The number of halogens is 1. The molecule has 2 N–H and O–H groups in total. The third kappa shape index (κ3) is 6.54. The lowest BCUT2D eigenvalue weighted by Crippen LogP contribution is -2.24. The highest BCUT2D eigenvalue weighted by atomic mass is 79.9. The second kappa shape index (κ2) is 12.8. The fourth-order valence-electron chi connectivity index (χ4n) is 4.54. The number of aliphatic hydroxyl groups excluding tert-OH is 1. The Bertz CT molecular complexity index is 1390. The molecule has 0 spiro atoms. The van der Waals surface area contributed by atoms with Gasteiger partial charge in [0.05, 0.1) is 17.7 Å². The van der Waals surface area contributed by atoms with Crippen molar-refractivity contribution in [3.05, 3.63) is 70.4 Å². The van der Waals surface area contributed by atoms with Crippen molar-refractivity contribution >= 4 is 44.4 Å². The van der Waals surface area contributed by atoms with Gasteiger partial charge < -0.3 is 19.7 Å². The Morgan fingerprint density at radius 2 is 1.77 bits per heavy atom. The molecule has 1 aliphatic carbocycles. The molecule has 39 heavy (non-hydrogen) atoms. The number of aromatic hydroxyl groups is 1. The number of Topliss-reactive ketones (excluding diaryl/α,β-unsaturated/α-hetero) is 2. The van der Waals surface area contributed by atoms with Gasteiger partial charge >= 0.3 is 5.97 Å². The number of ether oxygens (including phenoxy) is 2. The van der Waals surface area contributed by atoms with Gasteiger partial charge in [-0.15, -0.1) is 0 Å². The monoisotopic (exact) mass is 597 g/mol. The zero-order chi connectivity index (χ0) is 28.1. The maximum absolute atomic E-state index is 13.3. The average Bonchev–Trinajstić information content (AvgIpc) is 3.17. The third-order valence-corrected chi connectivity index (χ3v) is 7.30. The lowest BCUT2D eigenvalue weighted by molar-refractivity contribution is -0.0114. The van der Waals surface area contributed by atoms with Crippen LogP contribution in [-0.4, -0.2) is 64.0 Å². The first kappa shape index (κ1) is 28.9. The standard InChI is InChI=1S/C30H32BrNO7/c1-17(2)18-7-9-24-20(12-18)14-25(34)27(32-24)26-28(35)22-8-6-19(13-23(22)29(26)36)30(37)39-16-21(33)15-38-11-5-3-4-10-31/h6-9,12-14,17,21,26,33-34H,3-5,10-11,15-16H2,1-2H3. The first-order valence-corrected chi connectivity index (χ1v) is 14.2. The molecule has 9 heteroatoms. The predicted octanol–water partition coefficient (Wildman–Crippen LogP) is 5.33. The molecular weight excluding hydrogens is 566 g/mol. The minimum absolute atomic E-state index is 0.00885. The van der Waals surface area contributed by atoms with Crippen molar-refractivity contribution in [3.63, 3.8) is 0 Å². The summed E-state index contributed by atoms with van der Waals surface area (Å²) in [4.78, 5) is 43.5. The van der Waals surface area contributed by atoms with Gasteiger partial charge in [0.15, 0.2) is 11.6 Å². The van der Waals surface area contributed by atoms with Gasteiger partial charge in [0.1, 0.15) is 30.1 Å². The van der Waals surface area contributed by atoms with Crippen molar-refractivity contribution in [2.24, 2.45) is 0 Å². The molecule has 1 heterocycles. The Balaban J connectivity index is 1.44. The number of aliphatic hydroxyl groups is 1. The Morgan fingerprint density at radius 1 is 1.00 bits per heavy atom. The fraction of sp³-hybridized carbons (Fsp3) is 0.400. The van der Waals surface area contributed by atoms with E-state index in [2.05, 4.69) is 34.8 Å². The Hall–Kier alpha value is -3.14. The number of carbonyl (C=O) groups excluding carboxylic acids is 3. The second-order valence-electron chi connectivity index (χ2n) is 10.00. The van der Waals surface area contributed by atoms with Crippen LogP contribution in [0.25, 0.3) is 10.9 Å². The molecule has 8 nitrogen and oxygen atoms in total. The number of hydrogen-bond donors (Lipinski definition) is 2. The SMILES string of the molecule is CC(C)c1ccc2nc(C3C(=O)c4ccc(C(=O)OCC(O)COCCCCCBr)cc4C3=O)c(O)cc2c1. The predicted molar refractivity (Wildman–Crippen MR) is 150 cm³/mol. The number of ketones is 2. The van der Waals surface area contributed by atoms with Gasteiger partial charge in [0, 0.05) is 28.5 Å². The maximum Gasteiger partial charge on any atom is 0.338 e. The summed E-state index contributed by atoms with van der Waals surface area (Å²) in [6.45, 7) is 4.42. The highest BCUT2D eigenvalue weighted by molar-refractivity contribution is 9.09. The molecule has 0 amide bonds. The number of rotatable bonds is 12. The largest absolute Gasteiger partial charge is 0.506 e. The molecule has 206 valence electrons. The summed E-state index contributed by atoms with van der Waals surface area (Å²) in [5, 5.41) is 22.4. The fourth-order valence-corrected chi connectivity index (χ4v) is 4.93. The molecule has 0 fully saturated rings. The summed E-state index contributed by atoms with van der Waals surface area (Å²) in [6.07, 6.45) is 1.97. The molecule has 3 aromatic rings. The number of aromatic nitrogens is 1. The van der Waals surface area contributed by atoms with E-state index in [1.165, 1.54) is 24.3 Å². The first-order chi connectivity index (χ1) is 18.7. The summed E-state index contributed by atoms with van der Waals surface area (Å²) < 4.78 is 10.6. The van der Waals surface area contributed by atoms with E-state index in [4.69, 9.17) is 9.47 Å². The van der Waals surface area contributed by atoms with Gasteiger partial charge in [0.25, 0.3) is 0 Å². The molecule has 0 radical (unpaired) electrons. The smallest absolute Gasteiger partial charge is 0.338 e. The van der Waals surface area contributed by atoms with Gasteiger partial charge in [-0.05, 0) is 60.7 Å². The van der Waals surface area contributed by atoms with E-state index < -0.39 is 29.6 Å². The summed E-state index contributed by atoms with van der Waals surface area (Å²) in [5.41, 5.74) is 1.95. The van der Waals surface area contributed by atoms with Crippen LogP contribution >= 0.6 is 15.9 Å². The second-order valence-corrected chi connectivity index (χ2v) is 10.8. The summed E-state index contributed by atoms with van der Waals surface area (Å²) in [5.74, 6) is -3.00. The number of pyridine rings is 1. The third-order valence-electron chi connectivity index (χ3n) is 6.74. The number of esters is 1. The number of benzene rings is 2. The Kier molecular flexibility index (Phi) is 9.48. The van der Waals surface area contributed by atoms with E-state index in [0.29, 0.717) is 23.4 Å². The number of alkyl halides is 1. The van der Waals surface area contributed by atoms with Gasteiger partial charge in [-0.2, -0.15) is 0 Å². The van der Waals surface area contributed by atoms with E-state index >= 15 is 0 Å². The summed E-state index contributed by atoms with van der Waals surface area (Å²) >= 11 is 3.37. The van der Waals surface area contributed by atoms with Gasteiger partial charge in [-0.1, -0.05) is 42.3 Å². The molecule has 0 bridgehead atoms. The van der Waals surface area contributed by atoms with E-state index in [1.807, 2.05) is 18.2 Å². The van der Waals surface area contributed by atoms with Crippen molar-refractivity contribution in [2.75, 3.05) is 25.2 Å². The van der Waals surface area contributed by atoms with Crippen molar-refractivity contribution in [1.82, 2.24) is 4.98 Å². The average molecular weight is 598 g/mol. The molecular formula is C30H32BrNO7.